The average Bonchev–Trinajstić information content (AvgIpc) is 2.62. The predicted molar refractivity (Wildman–Crippen MR) is 101 cm³/mol. The zero-order valence-electron chi connectivity index (χ0n) is 14.6. The Morgan fingerprint density at radius 1 is 1.08 bits per heavy atom. The summed E-state index contributed by atoms with van der Waals surface area (Å²) in [5, 5.41) is 3.61. The number of hydrogen-bond donors (Lipinski definition) is 3. The van der Waals surface area contributed by atoms with Crippen LogP contribution in [0.15, 0.2) is 54.6 Å². The maximum atomic E-state index is 12.5. The number of quaternary nitrogens is 2. The van der Waals surface area contributed by atoms with E-state index in [1.807, 2.05) is 19.1 Å². The van der Waals surface area contributed by atoms with Crippen LogP contribution in [0.5, 0.6) is 0 Å². The summed E-state index contributed by atoms with van der Waals surface area (Å²) >= 11 is 5.98. The van der Waals surface area contributed by atoms with Crippen molar-refractivity contribution in [3.8, 4) is 0 Å². The van der Waals surface area contributed by atoms with Gasteiger partial charge in [-0.25, -0.2) is 0 Å². The highest BCUT2D eigenvalue weighted by atomic mass is 35.5. The molecule has 0 saturated carbocycles. The Kier molecular flexibility index (Phi) is 6.08. The molecule has 1 aliphatic rings. The molecule has 1 heterocycles. The summed E-state index contributed by atoms with van der Waals surface area (Å²) < 4.78 is 0. The van der Waals surface area contributed by atoms with Gasteiger partial charge in [0.15, 0.2) is 6.04 Å². The fourth-order valence-electron chi connectivity index (χ4n) is 3.42. The quantitative estimate of drug-likeness (QED) is 0.720. The van der Waals surface area contributed by atoms with E-state index in [0.29, 0.717) is 5.02 Å². The minimum absolute atomic E-state index is 0.0581. The van der Waals surface area contributed by atoms with Crippen LogP contribution in [0.2, 0.25) is 5.02 Å². The van der Waals surface area contributed by atoms with Crippen molar-refractivity contribution in [2.75, 3.05) is 31.5 Å². The standard InChI is InChI=1S/C20H24ClN3O/c1-16(20(25)22-19-9-5-8-18(21)14-19)24-12-10-23(11-13-24)15-17-6-3-2-4-7-17/h2-9,14,16H,10-13,15H2,1H3,(H,22,25)/p+2/t16-/m1/s1. The highest BCUT2D eigenvalue weighted by Gasteiger charge is 2.31. The lowest BCUT2D eigenvalue weighted by molar-refractivity contribution is -1.02. The smallest absolute Gasteiger partial charge is 0.282 e. The molecule has 132 valence electrons. The van der Waals surface area contributed by atoms with Gasteiger partial charge in [-0.3, -0.25) is 4.79 Å². The van der Waals surface area contributed by atoms with Gasteiger partial charge in [0, 0.05) is 16.3 Å². The van der Waals surface area contributed by atoms with Gasteiger partial charge in [-0.1, -0.05) is 48.0 Å². The second-order valence-electron chi connectivity index (χ2n) is 6.79. The second-order valence-corrected chi connectivity index (χ2v) is 7.23. The molecule has 2 aromatic carbocycles. The molecule has 1 saturated heterocycles. The maximum absolute atomic E-state index is 12.5. The molecule has 25 heavy (non-hydrogen) atoms. The molecule has 0 aromatic heterocycles. The van der Waals surface area contributed by atoms with Gasteiger partial charge in [0.25, 0.3) is 5.91 Å². The molecule has 0 aliphatic carbocycles. The Balaban J connectivity index is 1.49. The van der Waals surface area contributed by atoms with Crippen molar-refractivity contribution in [2.45, 2.75) is 19.5 Å². The molecule has 0 radical (unpaired) electrons. The largest absolute Gasteiger partial charge is 0.322 e. The van der Waals surface area contributed by atoms with Crippen LogP contribution in [0.25, 0.3) is 0 Å². The van der Waals surface area contributed by atoms with E-state index in [4.69, 9.17) is 11.6 Å². The van der Waals surface area contributed by atoms with Gasteiger partial charge in [0.05, 0.1) is 0 Å². The number of carbonyl (C=O) groups is 1. The first-order valence-corrected chi connectivity index (χ1v) is 9.28. The summed E-state index contributed by atoms with van der Waals surface area (Å²) in [7, 11) is 0. The summed E-state index contributed by atoms with van der Waals surface area (Å²) in [6, 6.07) is 17.9. The minimum Gasteiger partial charge on any atom is -0.322 e. The lowest BCUT2D eigenvalue weighted by atomic mass is 10.1. The van der Waals surface area contributed by atoms with Crippen molar-refractivity contribution in [2.24, 2.45) is 0 Å². The fourth-order valence-corrected chi connectivity index (χ4v) is 3.61. The van der Waals surface area contributed by atoms with E-state index in [0.717, 1.165) is 38.4 Å². The first-order chi connectivity index (χ1) is 12.1. The van der Waals surface area contributed by atoms with Gasteiger partial charge < -0.3 is 15.1 Å². The molecule has 3 N–H and O–H groups in total. The molecule has 0 spiro atoms. The number of anilines is 1. The van der Waals surface area contributed by atoms with Crippen LogP contribution in [0.4, 0.5) is 5.69 Å². The molecule has 3 rings (SSSR count). The summed E-state index contributed by atoms with van der Waals surface area (Å²) in [5.41, 5.74) is 2.14. The molecule has 4 nitrogen and oxygen atoms in total. The summed E-state index contributed by atoms with van der Waals surface area (Å²) in [6.07, 6.45) is 0. The first-order valence-electron chi connectivity index (χ1n) is 8.90. The number of benzene rings is 2. The van der Waals surface area contributed by atoms with Crippen LogP contribution >= 0.6 is 11.6 Å². The van der Waals surface area contributed by atoms with Crippen molar-refractivity contribution in [3.63, 3.8) is 0 Å². The van der Waals surface area contributed by atoms with E-state index in [1.165, 1.54) is 10.5 Å². The number of hydrogen-bond acceptors (Lipinski definition) is 1. The monoisotopic (exact) mass is 359 g/mol. The highest BCUT2D eigenvalue weighted by Crippen LogP contribution is 2.14. The second kappa shape index (κ2) is 8.48. The van der Waals surface area contributed by atoms with Crippen LogP contribution < -0.4 is 15.1 Å². The van der Waals surface area contributed by atoms with Gasteiger partial charge >= 0.3 is 0 Å². The summed E-state index contributed by atoms with van der Waals surface area (Å²) in [5.74, 6) is 0.0591. The number of halogens is 1. The lowest BCUT2D eigenvalue weighted by Crippen LogP contribution is -3.29. The molecule has 5 heteroatoms. The van der Waals surface area contributed by atoms with Gasteiger partial charge in [-0.05, 0) is 25.1 Å². The SMILES string of the molecule is C[C@H](C(=O)Nc1cccc(Cl)c1)[NH+]1CC[NH+](Cc2ccccc2)CC1. The Bertz CT molecular complexity index is 699. The Labute approximate surface area is 154 Å². The molecular formula is C20H26ClN3O+2. The molecule has 1 fully saturated rings. The average molecular weight is 360 g/mol. The molecule has 0 unspecified atom stereocenters. The van der Waals surface area contributed by atoms with Crippen LogP contribution in [-0.4, -0.2) is 38.1 Å². The number of rotatable bonds is 5. The van der Waals surface area contributed by atoms with Crippen LogP contribution in [0, 0.1) is 0 Å². The third-order valence-electron chi connectivity index (χ3n) is 4.99. The van der Waals surface area contributed by atoms with Crippen molar-refractivity contribution < 1.29 is 14.6 Å². The molecule has 1 aliphatic heterocycles. The number of amides is 1. The van der Waals surface area contributed by atoms with Gasteiger partial charge in [0.2, 0.25) is 0 Å². The maximum Gasteiger partial charge on any atom is 0.282 e. The van der Waals surface area contributed by atoms with E-state index in [1.54, 1.807) is 17.0 Å². The Morgan fingerprint density at radius 3 is 2.48 bits per heavy atom. The van der Waals surface area contributed by atoms with E-state index in [-0.39, 0.29) is 11.9 Å². The van der Waals surface area contributed by atoms with Gasteiger partial charge in [-0.2, -0.15) is 0 Å². The molecule has 0 bridgehead atoms. The van der Waals surface area contributed by atoms with E-state index < -0.39 is 0 Å². The van der Waals surface area contributed by atoms with E-state index in [2.05, 4.69) is 35.6 Å². The first kappa shape index (κ1) is 17.9. The molecule has 1 amide bonds. The van der Waals surface area contributed by atoms with Crippen molar-refractivity contribution in [3.05, 3.63) is 65.2 Å². The predicted octanol–water partition coefficient (Wildman–Crippen LogP) is 0.651. The normalized spacial score (nSPS) is 21.5. The minimum atomic E-state index is -0.0581. The van der Waals surface area contributed by atoms with Crippen LogP contribution in [-0.2, 0) is 11.3 Å². The topological polar surface area (TPSA) is 38.0 Å². The Hall–Kier alpha value is -1.88. The number of piperazine rings is 1. The lowest BCUT2D eigenvalue weighted by Gasteiger charge is -2.32. The van der Waals surface area contributed by atoms with E-state index >= 15 is 0 Å². The van der Waals surface area contributed by atoms with Crippen molar-refractivity contribution in [1.82, 2.24) is 0 Å². The van der Waals surface area contributed by atoms with Crippen molar-refractivity contribution in [1.29, 1.82) is 0 Å². The van der Waals surface area contributed by atoms with E-state index in [9.17, 15) is 4.79 Å². The molecule has 2 aromatic rings. The van der Waals surface area contributed by atoms with Crippen LogP contribution in [0.1, 0.15) is 12.5 Å². The Morgan fingerprint density at radius 2 is 1.80 bits per heavy atom. The zero-order valence-corrected chi connectivity index (χ0v) is 15.4. The molecular weight excluding hydrogens is 334 g/mol. The highest BCUT2D eigenvalue weighted by molar-refractivity contribution is 6.30. The fraction of sp³-hybridized carbons (Fsp3) is 0.350. The summed E-state index contributed by atoms with van der Waals surface area (Å²) in [6.45, 7) is 7.31. The molecule has 1 atom stereocenters. The zero-order chi connectivity index (χ0) is 17.6. The number of carbonyl (C=O) groups excluding carboxylic acids is 1. The third kappa shape index (κ3) is 5.05. The summed E-state index contributed by atoms with van der Waals surface area (Å²) in [4.78, 5) is 15.5. The van der Waals surface area contributed by atoms with Crippen molar-refractivity contribution >= 4 is 23.2 Å². The van der Waals surface area contributed by atoms with Gasteiger partial charge in [0.1, 0.15) is 32.7 Å². The number of nitrogens with one attached hydrogen (secondary N) is 3. The van der Waals surface area contributed by atoms with Gasteiger partial charge in [-0.15, -0.1) is 0 Å². The third-order valence-corrected chi connectivity index (χ3v) is 5.23. The van der Waals surface area contributed by atoms with Crippen LogP contribution in [0.3, 0.4) is 0 Å².